The van der Waals surface area contributed by atoms with Crippen molar-refractivity contribution in [3.05, 3.63) is 225 Å². The van der Waals surface area contributed by atoms with Crippen molar-refractivity contribution in [2.75, 3.05) is 56.7 Å². The summed E-state index contributed by atoms with van der Waals surface area (Å²) in [6.45, 7) is 7.09. The summed E-state index contributed by atoms with van der Waals surface area (Å²) in [5, 5.41) is 31.9. The third-order valence-electron chi connectivity index (χ3n) is 13.2. The molecule has 3 heterocycles. The van der Waals surface area contributed by atoms with E-state index in [1.807, 2.05) is 74.5 Å². The third kappa shape index (κ3) is 26.3. The van der Waals surface area contributed by atoms with E-state index >= 15 is 0 Å². The van der Waals surface area contributed by atoms with Crippen molar-refractivity contribution in [2.45, 2.75) is 33.7 Å². The number of nitrogen functional groups attached to an aromatic ring is 4. The first-order chi connectivity index (χ1) is 47.2. The molecule has 526 valence electrons. The van der Waals surface area contributed by atoms with Gasteiger partial charge in [-0.05, 0) is 174 Å². The van der Waals surface area contributed by atoms with Crippen LogP contribution in [0.3, 0.4) is 0 Å². The predicted octanol–water partition coefficient (Wildman–Crippen LogP) is 20.2. The van der Waals surface area contributed by atoms with Crippen LogP contribution in [0.5, 0.6) is 11.5 Å². The van der Waals surface area contributed by atoms with Crippen LogP contribution < -0.4 is 38.5 Å². The lowest BCUT2D eigenvalue weighted by atomic mass is 9.80. The normalized spacial score (nSPS) is 10.5. The van der Waals surface area contributed by atoms with Crippen LogP contribution in [0, 0.1) is 26.6 Å². The Morgan fingerprint density at radius 3 is 1.33 bits per heavy atom. The molecule has 0 aliphatic heterocycles. The fourth-order valence-electron chi connectivity index (χ4n) is 8.04. The minimum atomic E-state index is -1.40. The highest BCUT2D eigenvalue weighted by atomic mass is 79.9. The van der Waals surface area contributed by atoms with Gasteiger partial charge in [-0.1, -0.05) is 107 Å². The Kier molecular flexibility index (Phi) is 34.3. The van der Waals surface area contributed by atoms with Crippen LogP contribution in [-0.4, -0.2) is 80.7 Å². The molecule has 9 aromatic carbocycles. The summed E-state index contributed by atoms with van der Waals surface area (Å²) >= 11 is 48.9. The van der Waals surface area contributed by atoms with Crippen LogP contribution in [0.1, 0.15) is 35.0 Å². The number of carbonyl (C=O) groups excluding carboxylic acids is 1. The number of methoxy groups -OCH3 is 4. The number of aromatic hydroxyl groups is 1. The van der Waals surface area contributed by atoms with E-state index in [0.29, 0.717) is 86.6 Å². The molecular weight excluding hydrogens is 1790 g/mol. The molecule has 0 atom stereocenters. The van der Waals surface area contributed by atoms with Crippen molar-refractivity contribution in [1.29, 1.82) is 0 Å². The number of aromatic nitrogens is 3. The van der Waals surface area contributed by atoms with E-state index < -0.39 is 24.8 Å². The van der Waals surface area contributed by atoms with Crippen molar-refractivity contribution >= 4 is 236 Å². The molecule has 12 rings (SSSR count). The van der Waals surface area contributed by atoms with E-state index in [1.54, 1.807) is 87.7 Å². The molecule has 12 aromatic rings. The maximum Gasteiger partial charge on any atom is 0.488 e. The molecule has 0 saturated heterocycles. The van der Waals surface area contributed by atoms with Crippen LogP contribution in [0.25, 0.3) is 55.6 Å². The van der Waals surface area contributed by atoms with Gasteiger partial charge in [0.1, 0.15) is 33.9 Å². The van der Waals surface area contributed by atoms with E-state index in [0.717, 1.165) is 59.1 Å². The van der Waals surface area contributed by atoms with Crippen LogP contribution in [0.4, 0.5) is 32.8 Å². The summed E-state index contributed by atoms with van der Waals surface area (Å²) < 4.78 is 52.0. The number of halogens is 12. The number of nitrogens with zero attached hydrogens (tertiary/aromatic N) is 3. The average Bonchev–Trinajstić information content (AvgIpc) is 1.46. The number of phenols is 1. The van der Waals surface area contributed by atoms with Gasteiger partial charge >= 0.3 is 10.3 Å². The number of phenolic OH excluding ortho intramolecular Hbond substituents is 1. The molecule has 0 saturated carbocycles. The molecule has 0 radical (unpaired) electrons. The average molecular weight is 1850 g/mol. The molecule has 0 aliphatic carbocycles. The van der Waals surface area contributed by atoms with Crippen LogP contribution in [0.15, 0.2) is 184 Å². The molecule has 0 unspecified atom stereocenters. The highest BCUT2D eigenvalue weighted by Gasteiger charge is 2.21. The molecule has 19 nitrogen and oxygen atoms in total. The number of aryl methyl sites for hydroxylation is 3. The molecule has 12 N–H and O–H groups in total. The third-order valence-corrected chi connectivity index (χ3v) is 17.4. The van der Waals surface area contributed by atoms with Crippen molar-refractivity contribution in [3.8, 4) is 33.8 Å². The van der Waals surface area contributed by atoms with E-state index in [2.05, 4.69) is 115 Å². The Hall–Kier alpha value is -6.15. The first-order valence-corrected chi connectivity index (χ1v) is 35.6. The number of rotatable bonds is 9. The zero-order valence-electron chi connectivity index (χ0n) is 54.0. The summed E-state index contributed by atoms with van der Waals surface area (Å²) in [6.07, 6.45) is 0. The first-order valence-electron chi connectivity index (χ1n) is 28.6. The van der Waals surface area contributed by atoms with E-state index in [1.165, 1.54) is 51.7 Å². The maximum atomic E-state index is 13.7. The van der Waals surface area contributed by atoms with Gasteiger partial charge in [0.25, 0.3) is 11.9 Å². The molecule has 0 bridgehead atoms. The SMILES string of the molecule is BrB(Br)Br.COC(C)(OC)OC.COc1cc(Br)c(Cl)cc1N.Cc1nc2cc(Cl)c(-c3ccc(N)cc3)cc2o1.Cc1nc2cc(Cl)c(-c3ccc(NC(=O)c4ccccc4F)cc3)cc2o1.Cc1nc2cc(Cl)c(Br)cc2o1.Nc1cc(Cl)c(Br)cc1O.Nc1ccc(B(O)O)cc1. The molecule has 100 heavy (non-hydrogen) atoms. The first kappa shape index (κ1) is 84.5. The molecule has 0 fully saturated rings. The number of nitrogens with two attached hydrogens (primary N) is 4. The van der Waals surface area contributed by atoms with Crippen molar-refractivity contribution in [2.24, 2.45) is 0 Å². The topological polar surface area (TPSA) is 309 Å². The summed E-state index contributed by atoms with van der Waals surface area (Å²) in [5.41, 5.74) is 33.1. The number of ether oxygens (including phenoxy) is 4. The summed E-state index contributed by atoms with van der Waals surface area (Å²) in [7, 11) is 4.72. The molecule has 1 amide bonds. The van der Waals surface area contributed by atoms with Crippen molar-refractivity contribution in [3.63, 3.8) is 0 Å². The highest BCUT2D eigenvalue weighted by Crippen LogP contribution is 2.37. The van der Waals surface area contributed by atoms with Gasteiger partial charge in [-0.2, -0.15) is 0 Å². The van der Waals surface area contributed by atoms with Gasteiger partial charge in [-0.3, -0.25) is 4.79 Å². The summed E-state index contributed by atoms with van der Waals surface area (Å²) in [6, 6.07) is 44.2. The quantitative estimate of drug-likeness (QED) is 0.0288. The minimum absolute atomic E-state index is 0.00392. The number of anilines is 5. The Balaban J connectivity index is 0.000000218. The zero-order chi connectivity index (χ0) is 74.3. The molecule has 3 aromatic heterocycles. The smallest absolute Gasteiger partial charge is 0.488 e. The Labute approximate surface area is 651 Å². The number of hydrogen-bond donors (Lipinski definition) is 8. The zero-order valence-corrected chi connectivity index (χ0v) is 67.3. The molecule has 0 spiro atoms. The number of fused-ring (bicyclic) bond motifs is 3. The van der Waals surface area contributed by atoms with Gasteiger partial charge in [-0.25, -0.2) is 19.3 Å². The van der Waals surface area contributed by atoms with E-state index in [9.17, 15) is 9.18 Å². The van der Waals surface area contributed by atoms with Crippen LogP contribution in [-0.2, 0) is 14.2 Å². The van der Waals surface area contributed by atoms with Crippen molar-refractivity contribution in [1.82, 2.24) is 15.0 Å². The van der Waals surface area contributed by atoms with E-state index in [4.69, 9.17) is 128 Å². The number of nitrogens with one attached hydrogen (secondary N) is 1. The molecule has 33 heteroatoms. The van der Waals surface area contributed by atoms with Gasteiger partial charge in [0, 0.05) is 90.6 Å². The monoisotopic (exact) mass is 1840 g/mol. The number of oxazole rings is 3. The lowest BCUT2D eigenvalue weighted by Crippen LogP contribution is -2.31. The van der Waals surface area contributed by atoms with Gasteiger partial charge in [0.2, 0.25) is 0 Å². The van der Waals surface area contributed by atoms with Gasteiger partial charge < -0.3 is 75.6 Å². The fourth-order valence-corrected chi connectivity index (χ4v) is 10.1. The van der Waals surface area contributed by atoms with Gasteiger partial charge in [-0.15, -0.1) is 47.3 Å². The number of amides is 1. The number of carbonyl (C=O) groups is 1. The maximum absolute atomic E-state index is 13.7. The van der Waals surface area contributed by atoms with Crippen molar-refractivity contribution < 1.29 is 56.5 Å². The molecule has 0 aliphatic rings. The standard InChI is InChI=1S/C21H14ClFN2O2.C14H11ClN2O.C8H5BrClNO.C7H7BrClNO.C6H8BNO2.C6H5BrClNO.C5H12O3.BBr3/c1-12-24-19-11-17(22)16(10-20(19)27-12)13-6-8-14(9-7-13)25-21(26)15-4-2-3-5-18(15)23;1-8-17-13-7-12(15)11(6-14(13)18-8)9-2-4-10(16)5-3-9;1-4-11-7-3-6(10)5(9)2-8(7)12-4;1-11-7-2-4(8)5(9)3-6(7)10;8-6-3-1-5(2-4-6)7(9)10;7-3-1-6(10)5(9)2-4(3)8;1-5(6-2,7-3)8-4;2-1(3)4/h2-11H,1H3,(H,25,26);2-7H,16H2,1H3;2-3H,1H3;2-3H,10H2,1H3;1-4,9-10H,8H2;1-2,10H,9H2;1-4H3;. The second kappa shape index (κ2) is 40.6. The second-order valence-electron chi connectivity index (χ2n) is 20.3. The van der Waals surface area contributed by atoms with Crippen LogP contribution in [0.2, 0.25) is 25.1 Å². The Morgan fingerprint density at radius 2 is 0.920 bits per heavy atom. The largest absolute Gasteiger partial charge is 0.506 e. The second-order valence-corrected chi connectivity index (χ2v) is 31.3. The fraction of sp³-hybridized carbons (Fsp3) is 0.134. The highest BCUT2D eigenvalue weighted by molar-refractivity contribution is 9.69. The summed E-state index contributed by atoms with van der Waals surface area (Å²) in [4.78, 5) is 24.9. The summed E-state index contributed by atoms with van der Waals surface area (Å²) in [5.74, 6) is 0.586. The lowest BCUT2D eigenvalue weighted by molar-refractivity contribution is -0.340. The predicted molar refractivity (Wildman–Crippen MR) is 427 cm³/mol. The lowest BCUT2D eigenvalue weighted by Gasteiger charge is -2.23. The molecular formula is C67H62B2Br6Cl5FN8O11. The van der Waals surface area contributed by atoms with Gasteiger partial charge in [0.05, 0.1) is 49.2 Å². The Bertz CT molecular complexity index is 4570. The Morgan fingerprint density at radius 1 is 0.540 bits per heavy atom. The minimum Gasteiger partial charge on any atom is -0.506 e. The van der Waals surface area contributed by atoms with E-state index in [-0.39, 0.29) is 20.2 Å². The number of benzene rings is 9. The van der Waals surface area contributed by atoms with Gasteiger partial charge in [0.15, 0.2) is 34.4 Å². The number of hydrogen-bond acceptors (Lipinski definition) is 18. The van der Waals surface area contributed by atoms with Crippen LogP contribution >= 0.6 is 153 Å².